The number of hydrogen-bond acceptors (Lipinski definition) is 2. The van der Waals surface area contributed by atoms with Crippen LogP contribution in [0.4, 0.5) is 18.9 Å². The molecule has 1 aromatic rings. The molecule has 0 saturated carbocycles. The van der Waals surface area contributed by atoms with E-state index in [0.717, 1.165) is 12.1 Å². The van der Waals surface area contributed by atoms with E-state index in [2.05, 4.69) is 10.6 Å². The number of nitrogens with one attached hydrogen (secondary N) is 2. The Morgan fingerprint density at radius 1 is 1.30 bits per heavy atom. The van der Waals surface area contributed by atoms with E-state index in [4.69, 9.17) is 0 Å². The van der Waals surface area contributed by atoms with Crippen molar-refractivity contribution in [3.8, 4) is 0 Å². The van der Waals surface area contributed by atoms with Crippen LogP contribution in [-0.2, 0) is 11.0 Å². The van der Waals surface area contributed by atoms with Gasteiger partial charge in [0, 0.05) is 18.2 Å². The lowest BCUT2D eigenvalue weighted by Gasteiger charge is -2.10. The minimum Gasteiger partial charge on any atom is -0.326 e. The lowest BCUT2D eigenvalue weighted by atomic mass is 10.2. The van der Waals surface area contributed by atoms with Crippen molar-refractivity contribution in [3.63, 3.8) is 0 Å². The maximum Gasteiger partial charge on any atom is 0.416 e. The summed E-state index contributed by atoms with van der Waals surface area (Å²) in [5.74, 6) is -0.283. The molecule has 0 atom stereocenters. The molecule has 0 aliphatic rings. The van der Waals surface area contributed by atoms with Gasteiger partial charge in [-0.15, -0.1) is 0 Å². The Balaban J connectivity index is 2.46. The lowest BCUT2D eigenvalue weighted by molar-refractivity contribution is -0.137. The first-order valence-electron chi connectivity index (χ1n) is 6.49. The molecule has 1 amide bonds. The van der Waals surface area contributed by atoms with Gasteiger partial charge in [0.1, 0.15) is 0 Å². The van der Waals surface area contributed by atoms with Gasteiger partial charge in [-0.3, -0.25) is 4.79 Å². The Bertz CT molecular complexity index is 444. The molecule has 0 aliphatic carbocycles. The van der Waals surface area contributed by atoms with Crippen LogP contribution >= 0.6 is 0 Å². The second-order valence-corrected chi connectivity index (χ2v) is 4.84. The van der Waals surface area contributed by atoms with E-state index in [0.29, 0.717) is 19.0 Å². The molecule has 112 valence electrons. The van der Waals surface area contributed by atoms with Crippen LogP contribution in [0.5, 0.6) is 0 Å². The summed E-state index contributed by atoms with van der Waals surface area (Å²) in [5, 5.41) is 5.64. The summed E-state index contributed by atoms with van der Waals surface area (Å²) < 4.78 is 37.5. The second-order valence-electron chi connectivity index (χ2n) is 4.84. The molecule has 0 fully saturated rings. The van der Waals surface area contributed by atoms with Crippen LogP contribution in [0.15, 0.2) is 24.3 Å². The third-order valence-corrected chi connectivity index (χ3v) is 2.61. The zero-order chi connectivity index (χ0) is 15.2. The third-order valence-electron chi connectivity index (χ3n) is 2.61. The molecule has 0 radical (unpaired) electrons. The summed E-state index contributed by atoms with van der Waals surface area (Å²) in [4.78, 5) is 11.6. The quantitative estimate of drug-likeness (QED) is 0.787. The van der Waals surface area contributed by atoms with E-state index in [1.54, 1.807) is 0 Å². The second kappa shape index (κ2) is 7.28. The van der Waals surface area contributed by atoms with Gasteiger partial charge in [0.15, 0.2) is 0 Å². The normalized spacial score (nSPS) is 11.7. The van der Waals surface area contributed by atoms with Crippen LogP contribution in [0.25, 0.3) is 0 Å². The molecule has 1 rings (SSSR count). The first-order chi connectivity index (χ1) is 9.29. The molecule has 2 N–H and O–H groups in total. The lowest BCUT2D eigenvalue weighted by Crippen LogP contribution is -2.24. The van der Waals surface area contributed by atoms with Crippen LogP contribution in [-0.4, -0.2) is 18.5 Å². The highest BCUT2D eigenvalue weighted by Crippen LogP contribution is 2.30. The highest BCUT2D eigenvalue weighted by atomic mass is 19.4. The largest absolute Gasteiger partial charge is 0.416 e. The summed E-state index contributed by atoms with van der Waals surface area (Å²) in [5.41, 5.74) is -0.599. The fraction of sp³-hybridized carbons (Fsp3) is 0.500. The minimum atomic E-state index is -4.40. The molecule has 6 heteroatoms. The maximum absolute atomic E-state index is 12.5. The van der Waals surface area contributed by atoms with Crippen LogP contribution in [0.1, 0.15) is 32.3 Å². The number of hydrogen-bond donors (Lipinski definition) is 2. The van der Waals surface area contributed by atoms with Crippen LogP contribution in [0, 0.1) is 0 Å². The highest BCUT2D eigenvalue weighted by molar-refractivity contribution is 5.90. The van der Waals surface area contributed by atoms with Gasteiger partial charge in [0.2, 0.25) is 5.91 Å². The van der Waals surface area contributed by atoms with E-state index in [9.17, 15) is 18.0 Å². The highest BCUT2D eigenvalue weighted by Gasteiger charge is 2.30. The molecule has 0 spiro atoms. The summed E-state index contributed by atoms with van der Waals surface area (Å²) in [7, 11) is 0. The predicted molar refractivity (Wildman–Crippen MR) is 72.4 cm³/mol. The first-order valence-corrected chi connectivity index (χ1v) is 6.49. The molecule has 3 nitrogen and oxygen atoms in total. The molecule has 0 bridgehead atoms. The number of alkyl halides is 3. The van der Waals surface area contributed by atoms with Gasteiger partial charge in [-0.05, 0) is 31.2 Å². The SMILES string of the molecule is CC(C)NCCCC(=O)Nc1cccc(C(F)(F)F)c1. The summed E-state index contributed by atoms with van der Waals surface area (Å²) in [6.45, 7) is 4.71. The standard InChI is InChI=1S/C14H19F3N2O/c1-10(2)18-8-4-7-13(20)19-12-6-3-5-11(9-12)14(15,16)17/h3,5-6,9-10,18H,4,7-8H2,1-2H3,(H,19,20). The zero-order valence-electron chi connectivity index (χ0n) is 11.6. The number of rotatable bonds is 6. The average Bonchev–Trinajstić information content (AvgIpc) is 2.34. The number of anilines is 1. The molecule has 0 aromatic heterocycles. The van der Waals surface area contributed by atoms with Crippen molar-refractivity contribution in [3.05, 3.63) is 29.8 Å². The van der Waals surface area contributed by atoms with Gasteiger partial charge in [0.05, 0.1) is 5.56 Å². The van der Waals surface area contributed by atoms with Gasteiger partial charge >= 0.3 is 6.18 Å². The topological polar surface area (TPSA) is 41.1 Å². The molecule has 0 saturated heterocycles. The summed E-state index contributed by atoms with van der Waals surface area (Å²) in [6, 6.07) is 4.98. The maximum atomic E-state index is 12.5. The Morgan fingerprint density at radius 3 is 2.60 bits per heavy atom. The zero-order valence-corrected chi connectivity index (χ0v) is 11.6. The van der Waals surface area contributed by atoms with Gasteiger partial charge in [0.25, 0.3) is 0 Å². The van der Waals surface area contributed by atoms with Crippen LogP contribution < -0.4 is 10.6 Å². The third kappa shape index (κ3) is 6.06. The van der Waals surface area contributed by atoms with Gasteiger partial charge in [-0.1, -0.05) is 19.9 Å². The van der Waals surface area contributed by atoms with E-state index in [1.807, 2.05) is 13.8 Å². The number of carbonyl (C=O) groups excluding carboxylic acids is 1. The molecule has 20 heavy (non-hydrogen) atoms. The van der Waals surface area contributed by atoms with Crippen LogP contribution in [0.2, 0.25) is 0 Å². The Kier molecular flexibility index (Phi) is 6.01. The van der Waals surface area contributed by atoms with Crippen molar-refractivity contribution in [1.82, 2.24) is 5.32 Å². The fourth-order valence-electron chi connectivity index (χ4n) is 1.64. The van der Waals surface area contributed by atoms with Crippen molar-refractivity contribution in [1.29, 1.82) is 0 Å². The molecule has 1 aromatic carbocycles. The van der Waals surface area contributed by atoms with Gasteiger partial charge in [-0.25, -0.2) is 0 Å². The van der Waals surface area contributed by atoms with Gasteiger partial charge < -0.3 is 10.6 Å². The molecule has 0 aliphatic heterocycles. The number of halogens is 3. The average molecular weight is 288 g/mol. The number of benzene rings is 1. The number of amides is 1. The minimum absolute atomic E-state index is 0.168. The van der Waals surface area contributed by atoms with Gasteiger partial charge in [-0.2, -0.15) is 13.2 Å². The van der Waals surface area contributed by atoms with Crippen LogP contribution in [0.3, 0.4) is 0 Å². The van der Waals surface area contributed by atoms with Crippen molar-refractivity contribution in [2.24, 2.45) is 0 Å². The molecular formula is C14H19F3N2O. The van der Waals surface area contributed by atoms with Crippen molar-refractivity contribution in [2.45, 2.75) is 38.9 Å². The van der Waals surface area contributed by atoms with E-state index in [1.165, 1.54) is 12.1 Å². The summed E-state index contributed by atoms with van der Waals surface area (Å²) >= 11 is 0. The molecular weight excluding hydrogens is 269 g/mol. The molecule has 0 unspecified atom stereocenters. The van der Waals surface area contributed by atoms with Crippen molar-refractivity contribution < 1.29 is 18.0 Å². The summed E-state index contributed by atoms with van der Waals surface area (Å²) in [6.07, 6.45) is -3.49. The smallest absolute Gasteiger partial charge is 0.326 e. The molecule has 0 heterocycles. The van der Waals surface area contributed by atoms with E-state index >= 15 is 0 Å². The fourth-order valence-corrected chi connectivity index (χ4v) is 1.64. The van der Waals surface area contributed by atoms with Crippen molar-refractivity contribution >= 4 is 11.6 Å². The number of carbonyl (C=O) groups is 1. The Morgan fingerprint density at radius 2 is 2.00 bits per heavy atom. The van der Waals surface area contributed by atoms with Crippen molar-refractivity contribution in [2.75, 3.05) is 11.9 Å². The Hall–Kier alpha value is -1.56. The first kappa shape index (κ1) is 16.5. The predicted octanol–water partition coefficient (Wildman–Crippen LogP) is 3.42. The Labute approximate surface area is 116 Å². The van der Waals surface area contributed by atoms with E-state index in [-0.39, 0.29) is 18.0 Å². The van der Waals surface area contributed by atoms with E-state index < -0.39 is 11.7 Å². The monoisotopic (exact) mass is 288 g/mol.